The van der Waals surface area contributed by atoms with Gasteiger partial charge in [0.2, 0.25) is 0 Å². The Bertz CT molecular complexity index is 881. The van der Waals surface area contributed by atoms with Crippen LogP contribution in [0.1, 0.15) is 28.9 Å². The molecule has 0 unspecified atom stereocenters. The van der Waals surface area contributed by atoms with E-state index in [0.29, 0.717) is 5.69 Å². The lowest BCUT2D eigenvalue weighted by atomic mass is 10.0. The van der Waals surface area contributed by atoms with E-state index < -0.39 is 0 Å². The van der Waals surface area contributed by atoms with Gasteiger partial charge in [0.25, 0.3) is 5.91 Å². The van der Waals surface area contributed by atoms with E-state index in [1.807, 2.05) is 49.5 Å². The van der Waals surface area contributed by atoms with Crippen LogP contribution >= 0.6 is 0 Å². The number of fused-ring (bicyclic) bond motifs is 1. The van der Waals surface area contributed by atoms with E-state index in [4.69, 9.17) is 0 Å². The first-order valence-corrected chi connectivity index (χ1v) is 8.62. The average molecular weight is 335 g/mol. The molecule has 4 rings (SSSR count). The number of hydrogen-bond acceptors (Lipinski definition) is 4. The molecule has 1 aliphatic heterocycles. The third-order valence-corrected chi connectivity index (χ3v) is 4.74. The van der Waals surface area contributed by atoms with Crippen molar-refractivity contribution in [3.63, 3.8) is 0 Å². The molecule has 3 heterocycles. The summed E-state index contributed by atoms with van der Waals surface area (Å²) in [5.41, 5.74) is 2.48. The van der Waals surface area contributed by atoms with Gasteiger partial charge < -0.3 is 10.2 Å². The number of hydrogen-bond donors (Lipinski definition) is 2. The van der Waals surface area contributed by atoms with Crippen LogP contribution in [0.15, 0.2) is 42.6 Å². The van der Waals surface area contributed by atoms with Gasteiger partial charge in [-0.05, 0) is 44.0 Å². The SMILES string of the molecule is Cc1ccc2[nH]nc(C(=O)NC3CCN(c4ccccn4)CC3)c2c1. The van der Waals surface area contributed by atoms with Crippen LogP contribution in [-0.4, -0.2) is 40.2 Å². The van der Waals surface area contributed by atoms with E-state index in [9.17, 15) is 4.79 Å². The summed E-state index contributed by atoms with van der Waals surface area (Å²) in [5.74, 6) is 0.897. The average Bonchev–Trinajstić information content (AvgIpc) is 3.06. The topological polar surface area (TPSA) is 73.9 Å². The minimum Gasteiger partial charge on any atom is -0.356 e. The van der Waals surface area contributed by atoms with Crippen molar-refractivity contribution < 1.29 is 4.79 Å². The summed E-state index contributed by atoms with van der Waals surface area (Å²) < 4.78 is 0. The number of anilines is 1. The molecule has 25 heavy (non-hydrogen) atoms. The monoisotopic (exact) mass is 335 g/mol. The van der Waals surface area contributed by atoms with Gasteiger partial charge in [-0.1, -0.05) is 17.7 Å². The zero-order chi connectivity index (χ0) is 17.2. The van der Waals surface area contributed by atoms with Crippen LogP contribution in [0.5, 0.6) is 0 Å². The maximum Gasteiger partial charge on any atom is 0.272 e. The van der Waals surface area contributed by atoms with Gasteiger partial charge in [0.1, 0.15) is 5.82 Å². The van der Waals surface area contributed by atoms with E-state index in [1.54, 1.807) is 0 Å². The van der Waals surface area contributed by atoms with Crippen molar-refractivity contribution in [3.05, 3.63) is 53.9 Å². The Morgan fingerprint density at radius 1 is 1.24 bits per heavy atom. The number of pyridine rings is 1. The van der Waals surface area contributed by atoms with E-state index in [2.05, 4.69) is 25.4 Å². The van der Waals surface area contributed by atoms with Gasteiger partial charge in [-0.3, -0.25) is 9.89 Å². The normalized spacial score (nSPS) is 15.5. The first kappa shape index (κ1) is 15.6. The number of aromatic nitrogens is 3. The summed E-state index contributed by atoms with van der Waals surface area (Å²) in [4.78, 5) is 19.3. The lowest BCUT2D eigenvalue weighted by Gasteiger charge is -2.33. The number of H-pyrrole nitrogens is 1. The maximum atomic E-state index is 12.6. The minimum atomic E-state index is -0.104. The predicted octanol–water partition coefficient (Wildman–Crippen LogP) is 2.67. The third-order valence-electron chi connectivity index (χ3n) is 4.74. The molecule has 0 saturated carbocycles. The van der Waals surface area contributed by atoms with Crippen LogP contribution in [0, 0.1) is 6.92 Å². The Labute approximate surface area is 146 Å². The fourth-order valence-corrected chi connectivity index (χ4v) is 3.35. The summed E-state index contributed by atoms with van der Waals surface area (Å²) >= 11 is 0. The summed E-state index contributed by atoms with van der Waals surface area (Å²) in [7, 11) is 0. The number of nitrogens with one attached hydrogen (secondary N) is 2. The number of aryl methyl sites for hydroxylation is 1. The Kier molecular flexibility index (Phi) is 4.09. The van der Waals surface area contributed by atoms with Gasteiger partial charge in [-0.15, -0.1) is 0 Å². The van der Waals surface area contributed by atoms with Gasteiger partial charge in [0, 0.05) is 30.7 Å². The molecule has 3 aromatic rings. The molecule has 6 nitrogen and oxygen atoms in total. The molecule has 1 fully saturated rings. The molecule has 128 valence electrons. The first-order chi connectivity index (χ1) is 12.2. The fourth-order valence-electron chi connectivity index (χ4n) is 3.35. The van der Waals surface area contributed by atoms with Gasteiger partial charge in [-0.2, -0.15) is 5.10 Å². The molecule has 1 aliphatic rings. The van der Waals surface area contributed by atoms with E-state index in [0.717, 1.165) is 48.2 Å². The smallest absolute Gasteiger partial charge is 0.272 e. The van der Waals surface area contributed by atoms with E-state index >= 15 is 0 Å². The van der Waals surface area contributed by atoms with Gasteiger partial charge in [0.05, 0.1) is 5.52 Å². The van der Waals surface area contributed by atoms with Gasteiger partial charge in [-0.25, -0.2) is 4.98 Å². The van der Waals surface area contributed by atoms with Crippen LogP contribution in [0.3, 0.4) is 0 Å². The largest absolute Gasteiger partial charge is 0.356 e. The number of amides is 1. The molecular formula is C19H21N5O. The molecule has 0 bridgehead atoms. The fraction of sp³-hybridized carbons (Fsp3) is 0.316. The summed E-state index contributed by atoms with van der Waals surface area (Å²) in [6.07, 6.45) is 3.63. The number of carbonyl (C=O) groups excluding carboxylic acids is 1. The van der Waals surface area contributed by atoms with Crippen LogP contribution in [0.2, 0.25) is 0 Å². The first-order valence-electron chi connectivity index (χ1n) is 8.62. The molecule has 2 N–H and O–H groups in total. The molecule has 1 aromatic carbocycles. The molecule has 1 amide bonds. The van der Waals surface area contributed by atoms with Crippen LogP contribution in [0.4, 0.5) is 5.82 Å². The number of nitrogens with zero attached hydrogens (tertiary/aromatic N) is 3. The van der Waals surface area contributed by atoms with Crippen LogP contribution in [-0.2, 0) is 0 Å². The van der Waals surface area contributed by atoms with E-state index in [1.165, 1.54) is 0 Å². The number of aromatic amines is 1. The Hall–Kier alpha value is -2.89. The number of carbonyl (C=O) groups is 1. The van der Waals surface area contributed by atoms with Crippen molar-refractivity contribution in [2.24, 2.45) is 0 Å². The zero-order valence-electron chi connectivity index (χ0n) is 14.2. The molecule has 2 aromatic heterocycles. The van der Waals surface area contributed by atoms with Crippen LogP contribution in [0.25, 0.3) is 10.9 Å². The standard InChI is InChI=1S/C19H21N5O/c1-13-5-6-16-15(12-13)18(23-22-16)19(25)21-14-7-10-24(11-8-14)17-4-2-3-9-20-17/h2-6,9,12,14H,7-8,10-11H2,1H3,(H,21,25)(H,22,23). The lowest BCUT2D eigenvalue weighted by Crippen LogP contribution is -2.45. The number of piperidine rings is 1. The molecule has 6 heteroatoms. The highest BCUT2D eigenvalue weighted by molar-refractivity contribution is 6.04. The highest BCUT2D eigenvalue weighted by Crippen LogP contribution is 2.20. The van der Waals surface area contributed by atoms with Gasteiger partial charge in [0.15, 0.2) is 5.69 Å². The molecule has 0 atom stereocenters. The van der Waals surface area contributed by atoms with Crippen LogP contribution < -0.4 is 10.2 Å². The van der Waals surface area contributed by atoms with Crippen molar-refractivity contribution in [2.75, 3.05) is 18.0 Å². The Balaban J connectivity index is 1.41. The van der Waals surface area contributed by atoms with E-state index in [-0.39, 0.29) is 11.9 Å². The molecule has 0 spiro atoms. The van der Waals surface area contributed by atoms with Crippen molar-refractivity contribution in [2.45, 2.75) is 25.8 Å². The van der Waals surface area contributed by atoms with Crippen molar-refractivity contribution in [1.29, 1.82) is 0 Å². The highest BCUT2D eigenvalue weighted by atomic mass is 16.2. The van der Waals surface area contributed by atoms with Crippen molar-refractivity contribution in [3.8, 4) is 0 Å². The quantitative estimate of drug-likeness (QED) is 0.772. The zero-order valence-corrected chi connectivity index (χ0v) is 14.2. The van der Waals surface area contributed by atoms with Crippen molar-refractivity contribution in [1.82, 2.24) is 20.5 Å². The lowest BCUT2D eigenvalue weighted by molar-refractivity contribution is 0.0927. The molecule has 0 aliphatic carbocycles. The van der Waals surface area contributed by atoms with Gasteiger partial charge >= 0.3 is 0 Å². The number of rotatable bonds is 3. The Morgan fingerprint density at radius 2 is 2.08 bits per heavy atom. The second-order valence-electron chi connectivity index (χ2n) is 6.54. The second-order valence-corrected chi connectivity index (χ2v) is 6.54. The summed E-state index contributed by atoms with van der Waals surface area (Å²) in [6, 6.07) is 12.1. The summed E-state index contributed by atoms with van der Waals surface area (Å²) in [6.45, 7) is 3.80. The molecule has 1 saturated heterocycles. The summed E-state index contributed by atoms with van der Waals surface area (Å²) in [5, 5.41) is 11.2. The predicted molar refractivity (Wildman–Crippen MR) is 97.8 cm³/mol. The third kappa shape index (κ3) is 3.20. The minimum absolute atomic E-state index is 0.104. The number of benzene rings is 1. The Morgan fingerprint density at radius 3 is 2.84 bits per heavy atom. The molecule has 0 radical (unpaired) electrons. The van der Waals surface area contributed by atoms with Crippen molar-refractivity contribution >= 4 is 22.6 Å². The second kappa shape index (κ2) is 6.55. The molecular weight excluding hydrogens is 314 g/mol. The highest BCUT2D eigenvalue weighted by Gasteiger charge is 2.23. The maximum absolute atomic E-state index is 12.6.